The van der Waals surface area contributed by atoms with Crippen LogP contribution in [0.2, 0.25) is 26.2 Å². The number of hydrogen-bond acceptors (Lipinski definition) is 2. The van der Waals surface area contributed by atoms with Crippen LogP contribution in [0.25, 0.3) is 66.1 Å². The van der Waals surface area contributed by atoms with Gasteiger partial charge in [-0.2, -0.15) is 0 Å². The van der Waals surface area contributed by atoms with E-state index < -0.39 is 16.1 Å². The molecule has 0 fully saturated rings. The summed E-state index contributed by atoms with van der Waals surface area (Å²) >= 11 is 0. The van der Waals surface area contributed by atoms with Gasteiger partial charge in [-0.25, -0.2) is 0 Å². The van der Waals surface area contributed by atoms with E-state index >= 15 is 0 Å². The van der Waals surface area contributed by atoms with Crippen molar-refractivity contribution in [3.05, 3.63) is 164 Å². The lowest BCUT2D eigenvalue weighted by molar-refractivity contribution is 0.670. The molecule has 0 radical (unpaired) electrons. The first-order valence-electron chi connectivity index (χ1n) is 19.0. The van der Waals surface area contributed by atoms with Crippen LogP contribution in [-0.2, 0) is 0 Å². The SMILES string of the molecule is C[Si]1(C)c2ccccc2-c2ccc(N(c3ccc(-c4ccc5ccccc5c4)cc3)c3ccc4c(c3)[Si](C)(C)c3ccc5c(oc6ccccc65)c3-4)cc21. The van der Waals surface area contributed by atoms with Gasteiger partial charge in [0.15, 0.2) is 0 Å². The van der Waals surface area contributed by atoms with E-state index in [0.717, 1.165) is 16.9 Å². The molecule has 0 bridgehead atoms. The second-order valence-corrected chi connectivity index (χ2v) is 24.8. The Hall–Kier alpha value is -5.95. The maximum atomic E-state index is 6.64. The molecule has 0 unspecified atom stereocenters. The molecule has 2 aliphatic heterocycles. The maximum Gasteiger partial charge on any atom is 0.143 e. The quantitative estimate of drug-likeness (QED) is 0.168. The Labute approximate surface area is 318 Å². The molecule has 54 heavy (non-hydrogen) atoms. The number of benzene rings is 8. The predicted molar refractivity (Wildman–Crippen MR) is 236 cm³/mol. The monoisotopic (exact) mass is 725 g/mol. The van der Waals surface area contributed by atoms with E-state index in [1.54, 1.807) is 0 Å². The summed E-state index contributed by atoms with van der Waals surface area (Å²) in [7, 11) is -3.95. The van der Waals surface area contributed by atoms with Crippen LogP contribution in [-0.4, -0.2) is 16.1 Å². The molecule has 9 aromatic rings. The zero-order chi connectivity index (χ0) is 36.3. The Morgan fingerprint density at radius 1 is 0.407 bits per heavy atom. The van der Waals surface area contributed by atoms with Crippen LogP contribution in [0.1, 0.15) is 0 Å². The van der Waals surface area contributed by atoms with Crippen LogP contribution < -0.4 is 25.6 Å². The average Bonchev–Trinajstić information content (AvgIpc) is 3.78. The lowest BCUT2D eigenvalue weighted by atomic mass is 10.00. The highest BCUT2D eigenvalue weighted by Gasteiger charge is 2.41. The van der Waals surface area contributed by atoms with Crippen molar-refractivity contribution in [3.63, 3.8) is 0 Å². The van der Waals surface area contributed by atoms with Gasteiger partial charge < -0.3 is 9.32 Å². The smallest absolute Gasteiger partial charge is 0.143 e. The second kappa shape index (κ2) is 11.3. The first-order valence-corrected chi connectivity index (χ1v) is 25.0. The molecule has 11 rings (SSSR count). The number of hydrogen-bond donors (Lipinski definition) is 0. The Bertz CT molecular complexity index is 3010. The third-order valence-electron chi connectivity index (χ3n) is 12.5. The summed E-state index contributed by atoms with van der Waals surface area (Å²) < 4.78 is 6.64. The molecular weight excluding hydrogens is 687 g/mol. The van der Waals surface area contributed by atoms with Gasteiger partial charge in [-0.15, -0.1) is 0 Å². The predicted octanol–water partition coefficient (Wildman–Crippen LogP) is 11.5. The standard InChI is InChI=1S/C50H39NOSi2/c1-53(2)45-16-10-8-14-40(45)41-25-23-37(30-47(41)53)51(36-21-19-33(20-22-36)35-18-17-32-11-5-6-12-34(32)29-35)38-24-26-43-48(31-38)54(3,4)46-28-27-42-39-13-7-9-15-44(39)52-50(42)49(43)46/h5-31H,1-4H3. The van der Waals surface area contributed by atoms with Crippen LogP contribution in [0.5, 0.6) is 0 Å². The minimum atomic E-state index is -2.06. The van der Waals surface area contributed by atoms with Gasteiger partial charge in [0, 0.05) is 33.4 Å². The highest BCUT2D eigenvalue weighted by molar-refractivity contribution is 7.04. The van der Waals surface area contributed by atoms with Crippen molar-refractivity contribution < 1.29 is 4.42 Å². The molecular formula is C50H39NOSi2. The number of rotatable bonds is 4. The molecule has 0 N–H and O–H groups in total. The molecule has 8 aromatic carbocycles. The van der Waals surface area contributed by atoms with Gasteiger partial charge in [-0.3, -0.25) is 0 Å². The fraction of sp³-hybridized carbons (Fsp3) is 0.0800. The summed E-state index contributed by atoms with van der Waals surface area (Å²) in [5.74, 6) is 0. The van der Waals surface area contributed by atoms with Crippen LogP contribution >= 0.6 is 0 Å². The molecule has 2 aliphatic rings. The van der Waals surface area contributed by atoms with Crippen molar-refractivity contribution in [2.45, 2.75) is 26.2 Å². The first-order chi connectivity index (χ1) is 26.3. The largest absolute Gasteiger partial charge is 0.455 e. The Morgan fingerprint density at radius 2 is 1.02 bits per heavy atom. The van der Waals surface area contributed by atoms with Crippen molar-refractivity contribution in [3.8, 4) is 33.4 Å². The minimum Gasteiger partial charge on any atom is -0.455 e. The van der Waals surface area contributed by atoms with Gasteiger partial charge in [0.2, 0.25) is 0 Å². The Morgan fingerprint density at radius 3 is 1.83 bits per heavy atom. The molecule has 0 spiro atoms. The van der Waals surface area contributed by atoms with Gasteiger partial charge >= 0.3 is 0 Å². The highest BCUT2D eigenvalue weighted by Crippen LogP contribution is 2.43. The van der Waals surface area contributed by atoms with E-state index in [2.05, 4.69) is 195 Å². The molecule has 0 saturated heterocycles. The van der Waals surface area contributed by atoms with Crippen molar-refractivity contribution >= 4 is 86.7 Å². The lowest BCUT2D eigenvalue weighted by Crippen LogP contribution is -2.49. The molecule has 4 heteroatoms. The Balaban J connectivity index is 1.08. The number of fused-ring (bicyclic) bond motifs is 11. The number of furan rings is 1. The minimum absolute atomic E-state index is 0.953. The van der Waals surface area contributed by atoms with Crippen LogP contribution in [0, 0.1) is 0 Å². The zero-order valence-corrected chi connectivity index (χ0v) is 32.9. The van der Waals surface area contributed by atoms with Gasteiger partial charge in [-0.05, 0) is 108 Å². The van der Waals surface area contributed by atoms with Crippen molar-refractivity contribution in [2.75, 3.05) is 4.90 Å². The van der Waals surface area contributed by atoms with Crippen LogP contribution in [0.15, 0.2) is 168 Å². The van der Waals surface area contributed by atoms with E-state index in [0.29, 0.717) is 0 Å². The van der Waals surface area contributed by atoms with Gasteiger partial charge in [-0.1, -0.05) is 141 Å². The Kier molecular flexibility index (Phi) is 6.60. The van der Waals surface area contributed by atoms with E-state index in [9.17, 15) is 0 Å². The van der Waals surface area contributed by atoms with Crippen LogP contribution in [0.3, 0.4) is 0 Å². The van der Waals surface area contributed by atoms with E-state index in [4.69, 9.17) is 4.42 Å². The number of nitrogens with zero attached hydrogens (tertiary/aromatic N) is 1. The first kappa shape index (κ1) is 31.6. The van der Waals surface area contributed by atoms with Gasteiger partial charge in [0.25, 0.3) is 0 Å². The molecule has 0 aliphatic carbocycles. The molecule has 258 valence electrons. The van der Waals surface area contributed by atoms with Crippen molar-refractivity contribution in [2.24, 2.45) is 0 Å². The summed E-state index contributed by atoms with van der Waals surface area (Å²) in [6.45, 7) is 10.0. The molecule has 0 amide bonds. The fourth-order valence-electron chi connectivity index (χ4n) is 9.58. The summed E-state index contributed by atoms with van der Waals surface area (Å²) in [5.41, 5.74) is 13.4. The number of para-hydroxylation sites is 1. The van der Waals surface area contributed by atoms with Gasteiger partial charge in [0.05, 0.1) is 0 Å². The van der Waals surface area contributed by atoms with Gasteiger partial charge in [0.1, 0.15) is 27.3 Å². The molecule has 0 atom stereocenters. The third-order valence-corrected chi connectivity index (χ3v) is 19.5. The topological polar surface area (TPSA) is 16.4 Å². The average molecular weight is 726 g/mol. The summed E-state index contributed by atoms with van der Waals surface area (Å²) in [6.07, 6.45) is 0. The van der Waals surface area contributed by atoms with E-state index in [1.807, 2.05) is 0 Å². The van der Waals surface area contributed by atoms with E-state index in [1.165, 1.54) is 87.0 Å². The molecule has 0 saturated carbocycles. The molecule has 3 heterocycles. The summed E-state index contributed by atoms with van der Waals surface area (Å²) in [5, 5.41) is 10.9. The van der Waals surface area contributed by atoms with E-state index in [-0.39, 0.29) is 0 Å². The van der Waals surface area contributed by atoms with Crippen molar-refractivity contribution in [1.82, 2.24) is 0 Å². The molecule has 1 aromatic heterocycles. The number of anilines is 3. The normalized spacial score (nSPS) is 14.6. The maximum absolute atomic E-state index is 6.64. The van der Waals surface area contributed by atoms with Crippen molar-refractivity contribution in [1.29, 1.82) is 0 Å². The zero-order valence-electron chi connectivity index (χ0n) is 30.9. The third kappa shape index (κ3) is 4.44. The molecule has 2 nitrogen and oxygen atoms in total. The second-order valence-electron chi connectivity index (χ2n) is 16.2. The highest BCUT2D eigenvalue weighted by atomic mass is 28.3. The van der Waals surface area contributed by atoms with Crippen LogP contribution in [0.4, 0.5) is 17.1 Å². The summed E-state index contributed by atoms with van der Waals surface area (Å²) in [4.78, 5) is 2.49. The fourth-order valence-corrected chi connectivity index (χ4v) is 15.7. The lowest BCUT2D eigenvalue weighted by Gasteiger charge is -2.29. The summed E-state index contributed by atoms with van der Waals surface area (Å²) in [6, 6.07) is 61.1.